The van der Waals surface area contributed by atoms with E-state index in [2.05, 4.69) is 30.8 Å². The van der Waals surface area contributed by atoms with Crippen molar-refractivity contribution in [3.05, 3.63) is 0 Å². The molecule has 2 N–H and O–H groups in total. The quantitative estimate of drug-likeness (QED) is 0.725. The predicted molar refractivity (Wildman–Crippen MR) is 87.7 cm³/mol. The van der Waals surface area contributed by atoms with Crippen LogP contribution in [0.25, 0.3) is 0 Å². The molecule has 0 aromatic rings. The second kappa shape index (κ2) is 10.0. The fourth-order valence-corrected chi connectivity index (χ4v) is 2.92. The Morgan fingerprint density at radius 3 is 2.00 bits per heavy atom. The van der Waals surface area contributed by atoms with Crippen LogP contribution >= 0.6 is 11.9 Å². The van der Waals surface area contributed by atoms with Gasteiger partial charge in [0.05, 0.1) is 6.61 Å². The molecule has 0 bridgehead atoms. The molecule has 3 nitrogen and oxygen atoms in total. The number of piperidine rings is 1. The standard InChI is InChI=1S/C8H15NO.C5H13NS.C2H6/c1-4-9-5-2-8(1)3-6-10-7-8;1-5(2,3)7-6-4;1-2/h9H,1-7H2;6H,1-4H3;1-2H3. The summed E-state index contributed by atoms with van der Waals surface area (Å²) in [6, 6.07) is 0. The maximum atomic E-state index is 5.41. The first-order valence-corrected chi connectivity index (χ1v) is 8.42. The molecule has 2 rings (SSSR count). The molecule has 2 saturated heterocycles. The highest BCUT2D eigenvalue weighted by Gasteiger charge is 2.35. The first kappa shape index (κ1) is 19.2. The average Bonchev–Trinajstić information content (AvgIpc) is 2.80. The molecule has 4 heteroatoms. The fourth-order valence-electron chi connectivity index (χ4n) is 2.31. The number of rotatable bonds is 1. The first-order chi connectivity index (χ1) is 8.97. The lowest BCUT2D eigenvalue weighted by atomic mass is 9.79. The van der Waals surface area contributed by atoms with Crippen LogP contribution in [0.5, 0.6) is 0 Å². The zero-order chi connectivity index (χ0) is 14.8. The van der Waals surface area contributed by atoms with Crippen molar-refractivity contribution in [1.82, 2.24) is 10.0 Å². The summed E-state index contributed by atoms with van der Waals surface area (Å²) in [6.07, 6.45) is 3.95. The highest BCUT2D eigenvalue weighted by molar-refractivity contribution is 7.98. The monoisotopic (exact) mass is 290 g/mol. The molecule has 0 aromatic heterocycles. The minimum atomic E-state index is 0.356. The van der Waals surface area contributed by atoms with Crippen LogP contribution in [-0.2, 0) is 4.74 Å². The van der Waals surface area contributed by atoms with Gasteiger partial charge in [-0.15, -0.1) is 0 Å². The second-order valence-electron chi connectivity index (χ2n) is 5.97. The smallest absolute Gasteiger partial charge is 0.0524 e. The lowest BCUT2D eigenvalue weighted by Crippen LogP contribution is -2.36. The molecule has 0 aromatic carbocycles. The number of hydrogen-bond acceptors (Lipinski definition) is 4. The molecule has 0 unspecified atom stereocenters. The van der Waals surface area contributed by atoms with E-state index >= 15 is 0 Å². The summed E-state index contributed by atoms with van der Waals surface area (Å²) in [5, 5.41) is 3.38. The van der Waals surface area contributed by atoms with E-state index in [0.29, 0.717) is 10.2 Å². The van der Waals surface area contributed by atoms with Gasteiger partial charge in [0, 0.05) is 11.4 Å². The maximum Gasteiger partial charge on any atom is 0.0524 e. The lowest BCUT2D eigenvalue weighted by molar-refractivity contribution is 0.128. The normalized spacial score (nSPS) is 21.2. The van der Waals surface area contributed by atoms with Crippen molar-refractivity contribution >= 4 is 11.9 Å². The Morgan fingerprint density at radius 2 is 1.68 bits per heavy atom. The van der Waals surface area contributed by atoms with E-state index in [4.69, 9.17) is 4.74 Å². The van der Waals surface area contributed by atoms with Crippen molar-refractivity contribution in [3.63, 3.8) is 0 Å². The topological polar surface area (TPSA) is 33.3 Å². The van der Waals surface area contributed by atoms with E-state index < -0.39 is 0 Å². The van der Waals surface area contributed by atoms with Crippen LogP contribution in [0, 0.1) is 5.41 Å². The molecular weight excluding hydrogens is 256 g/mol. The van der Waals surface area contributed by atoms with Gasteiger partial charge >= 0.3 is 0 Å². The Bertz CT molecular complexity index is 203. The molecule has 1 spiro atoms. The second-order valence-corrected chi connectivity index (χ2v) is 7.81. The fraction of sp³-hybridized carbons (Fsp3) is 1.00. The molecule has 0 aliphatic carbocycles. The summed E-state index contributed by atoms with van der Waals surface area (Å²) in [6.45, 7) is 14.9. The Kier molecular flexibility index (Phi) is 10.2. The van der Waals surface area contributed by atoms with E-state index in [9.17, 15) is 0 Å². The SMILES string of the molecule is C1CC2(CCN1)CCOC2.CC.CNSC(C)(C)C. The van der Waals surface area contributed by atoms with E-state index in [-0.39, 0.29) is 0 Å². The van der Waals surface area contributed by atoms with Gasteiger partial charge in [0.15, 0.2) is 0 Å². The van der Waals surface area contributed by atoms with Crippen molar-refractivity contribution in [2.45, 2.75) is 58.6 Å². The molecule has 2 aliphatic heterocycles. The predicted octanol–water partition coefficient (Wildman–Crippen LogP) is 3.46. The minimum absolute atomic E-state index is 0.356. The highest BCUT2D eigenvalue weighted by Crippen LogP contribution is 2.36. The van der Waals surface area contributed by atoms with Crippen LogP contribution < -0.4 is 10.0 Å². The third-order valence-electron chi connectivity index (χ3n) is 3.26. The zero-order valence-corrected chi connectivity index (χ0v) is 14.6. The summed E-state index contributed by atoms with van der Waals surface area (Å²) < 4.78 is 8.79. The van der Waals surface area contributed by atoms with Crippen LogP contribution in [0.2, 0.25) is 0 Å². The van der Waals surface area contributed by atoms with Crippen LogP contribution in [0.3, 0.4) is 0 Å². The highest BCUT2D eigenvalue weighted by atomic mass is 32.2. The van der Waals surface area contributed by atoms with Gasteiger partial charge in [0.25, 0.3) is 0 Å². The third kappa shape index (κ3) is 8.90. The Balaban J connectivity index is 0.000000321. The van der Waals surface area contributed by atoms with Crippen molar-refractivity contribution in [2.24, 2.45) is 5.41 Å². The minimum Gasteiger partial charge on any atom is -0.381 e. The molecule has 19 heavy (non-hydrogen) atoms. The van der Waals surface area contributed by atoms with Crippen molar-refractivity contribution < 1.29 is 4.74 Å². The summed E-state index contributed by atoms with van der Waals surface area (Å²) >= 11 is 1.74. The van der Waals surface area contributed by atoms with Gasteiger partial charge in [0.1, 0.15) is 0 Å². The number of nitrogens with one attached hydrogen (secondary N) is 2. The van der Waals surface area contributed by atoms with E-state index in [0.717, 1.165) is 13.2 Å². The molecule has 0 atom stereocenters. The summed E-state index contributed by atoms with van der Waals surface area (Å²) in [5.74, 6) is 0. The zero-order valence-electron chi connectivity index (χ0n) is 13.8. The van der Waals surface area contributed by atoms with E-state index in [1.165, 1.54) is 32.4 Å². The van der Waals surface area contributed by atoms with Gasteiger partial charge < -0.3 is 10.1 Å². The van der Waals surface area contributed by atoms with Crippen molar-refractivity contribution in [3.8, 4) is 0 Å². The van der Waals surface area contributed by atoms with Crippen LogP contribution in [-0.4, -0.2) is 38.1 Å². The van der Waals surface area contributed by atoms with Crippen LogP contribution in [0.1, 0.15) is 53.9 Å². The van der Waals surface area contributed by atoms with Gasteiger partial charge in [0.2, 0.25) is 0 Å². The lowest BCUT2D eigenvalue weighted by Gasteiger charge is -2.31. The van der Waals surface area contributed by atoms with Gasteiger partial charge in [-0.1, -0.05) is 25.8 Å². The van der Waals surface area contributed by atoms with E-state index in [1.807, 2.05) is 20.9 Å². The molecule has 2 fully saturated rings. The number of ether oxygens (including phenoxy) is 1. The summed E-state index contributed by atoms with van der Waals surface area (Å²) in [4.78, 5) is 0. The van der Waals surface area contributed by atoms with Gasteiger partial charge in [-0.25, -0.2) is 0 Å². The molecule has 116 valence electrons. The molecular formula is C15H34N2OS. The number of hydrogen-bond donors (Lipinski definition) is 2. The molecule has 2 heterocycles. The Hall–Kier alpha value is 0.230. The first-order valence-electron chi connectivity index (χ1n) is 7.61. The Labute approximate surface area is 124 Å². The largest absolute Gasteiger partial charge is 0.381 e. The third-order valence-corrected chi connectivity index (χ3v) is 4.07. The maximum absolute atomic E-state index is 5.41. The average molecular weight is 291 g/mol. The summed E-state index contributed by atoms with van der Waals surface area (Å²) in [5.41, 5.74) is 0.589. The molecule has 0 radical (unpaired) electrons. The van der Waals surface area contributed by atoms with Crippen molar-refractivity contribution in [2.75, 3.05) is 33.4 Å². The molecule has 0 amide bonds. The summed E-state index contributed by atoms with van der Waals surface area (Å²) in [7, 11) is 1.94. The Morgan fingerprint density at radius 1 is 1.11 bits per heavy atom. The van der Waals surface area contributed by atoms with Crippen molar-refractivity contribution in [1.29, 1.82) is 0 Å². The van der Waals surface area contributed by atoms with Gasteiger partial charge in [-0.2, -0.15) is 0 Å². The van der Waals surface area contributed by atoms with Gasteiger partial charge in [-0.3, -0.25) is 4.72 Å². The van der Waals surface area contributed by atoms with Crippen LogP contribution in [0.15, 0.2) is 0 Å². The van der Waals surface area contributed by atoms with E-state index in [1.54, 1.807) is 11.9 Å². The molecule has 0 saturated carbocycles. The van der Waals surface area contributed by atoms with Gasteiger partial charge in [-0.05, 0) is 65.6 Å². The molecule has 2 aliphatic rings. The van der Waals surface area contributed by atoms with Crippen LogP contribution in [0.4, 0.5) is 0 Å².